The molecule has 1 aromatic rings. The normalized spacial score (nSPS) is 19.4. The van der Waals surface area contributed by atoms with E-state index in [0.717, 1.165) is 28.0 Å². The number of aliphatic carboxylic acids is 2. The number of primary amides is 1. The van der Waals surface area contributed by atoms with Crippen molar-refractivity contribution in [3.63, 3.8) is 0 Å². The lowest BCUT2D eigenvalue weighted by Gasteiger charge is -2.49. The third-order valence-electron chi connectivity index (χ3n) is 4.99. The molecule has 0 spiro atoms. The molecule has 20 heteroatoms. The number of carboxylic acid groups (broad SMARTS) is 2. The van der Waals surface area contributed by atoms with Crippen LogP contribution in [0.25, 0.3) is 0 Å². The van der Waals surface area contributed by atoms with E-state index in [2.05, 4.69) is 25.5 Å². The molecule has 2 aliphatic rings. The number of hydrogen-bond donors (Lipinski definition) is 6. The summed E-state index contributed by atoms with van der Waals surface area (Å²) in [6.45, 7) is -0.407. The van der Waals surface area contributed by atoms with Crippen LogP contribution >= 0.6 is 34.9 Å². The summed E-state index contributed by atoms with van der Waals surface area (Å²) >= 11 is 2.72. The predicted molar refractivity (Wildman–Crippen MR) is 138 cm³/mol. The predicted octanol–water partition coefficient (Wildman–Crippen LogP) is -0.995. The van der Waals surface area contributed by atoms with Gasteiger partial charge in [0.1, 0.15) is 42.6 Å². The summed E-state index contributed by atoms with van der Waals surface area (Å²) in [7, 11) is 1.18. The van der Waals surface area contributed by atoms with Gasteiger partial charge in [0.25, 0.3) is 17.1 Å². The van der Waals surface area contributed by atoms with Crippen molar-refractivity contribution in [3.8, 4) is 0 Å². The molecule has 3 atom stereocenters. The van der Waals surface area contributed by atoms with E-state index in [1.54, 1.807) is 0 Å². The number of nitrogens with one attached hydrogen (secondary N) is 2. The molecule has 0 aromatic carbocycles. The molecule has 3 heterocycles. The van der Waals surface area contributed by atoms with Crippen LogP contribution in [0.2, 0.25) is 0 Å². The first-order valence-corrected chi connectivity index (χ1v) is 13.5. The van der Waals surface area contributed by atoms with Gasteiger partial charge in [-0.05, 0) is 0 Å². The molecule has 0 radical (unpaired) electrons. The summed E-state index contributed by atoms with van der Waals surface area (Å²) in [5.74, 6) is -4.33. The highest BCUT2D eigenvalue weighted by atomic mass is 32.2. The van der Waals surface area contributed by atoms with Crippen LogP contribution in [-0.4, -0.2) is 104 Å². The number of hydrogen-bond acceptors (Lipinski definition) is 14. The zero-order chi connectivity index (χ0) is 28.9. The van der Waals surface area contributed by atoms with Gasteiger partial charge < -0.3 is 36.6 Å². The fraction of sp³-hybridized carbons (Fsp3) is 0.368. The van der Waals surface area contributed by atoms with Crippen LogP contribution in [0.5, 0.6) is 0 Å². The van der Waals surface area contributed by atoms with Gasteiger partial charge >= 0.3 is 18.0 Å². The first kappa shape index (κ1) is 29.7. The van der Waals surface area contributed by atoms with E-state index in [9.17, 15) is 33.9 Å². The van der Waals surface area contributed by atoms with Gasteiger partial charge in [0.2, 0.25) is 0 Å². The molecular weight excluding hydrogens is 582 g/mol. The number of nitrogens with zero attached hydrogens (tertiary/aromatic N) is 3. The summed E-state index contributed by atoms with van der Waals surface area (Å²) in [5.41, 5.74) is 9.78. The van der Waals surface area contributed by atoms with Gasteiger partial charge in [0, 0.05) is 22.5 Å². The number of carbonyl (C=O) groups excluding carboxylic acids is 4. The molecule has 0 aliphatic carbocycles. The second-order valence-corrected chi connectivity index (χ2v) is 10.5. The SMILES string of the molecule is CON=C(C(=O)N[C@@H]1C(=O)N2C(C(=O)O)=C(COC(N)=O)CS[C@@H]12)c1csc(NC(=O)SC[C@H](N)C(=O)O)n1. The summed E-state index contributed by atoms with van der Waals surface area (Å²) in [4.78, 5) is 81.1. The van der Waals surface area contributed by atoms with Crippen molar-refractivity contribution in [2.24, 2.45) is 16.6 Å². The highest BCUT2D eigenvalue weighted by Crippen LogP contribution is 2.40. The summed E-state index contributed by atoms with van der Waals surface area (Å²) in [6, 6.07) is -2.34. The van der Waals surface area contributed by atoms with Crippen molar-refractivity contribution in [1.82, 2.24) is 15.2 Å². The molecule has 0 unspecified atom stereocenters. The Morgan fingerprint density at radius 1 is 1.33 bits per heavy atom. The lowest BCUT2D eigenvalue weighted by atomic mass is 10.0. The fourth-order valence-corrected chi connectivity index (χ4v) is 5.98. The molecule has 1 aromatic heterocycles. The molecule has 1 fully saturated rings. The zero-order valence-corrected chi connectivity index (χ0v) is 22.3. The van der Waals surface area contributed by atoms with E-state index >= 15 is 0 Å². The van der Waals surface area contributed by atoms with Crippen LogP contribution < -0.4 is 22.1 Å². The van der Waals surface area contributed by atoms with Crippen LogP contribution in [0.1, 0.15) is 5.69 Å². The Labute approximate surface area is 231 Å². The monoisotopic (exact) mass is 603 g/mol. The number of anilines is 1. The molecule has 17 nitrogen and oxygen atoms in total. The number of oxime groups is 1. The maximum absolute atomic E-state index is 13.0. The first-order chi connectivity index (χ1) is 18.4. The van der Waals surface area contributed by atoms with Crippen molar-refractivity contribution >= 4 is 80.8 Å². The van der Waals surface area contributed by atoms with E-state index < -0.39 is 59.1 Å². The fourth-order valence-electron chi connectivity index (χ4n) is 3.26. The number of fused-ring (bicyclic) bond motifs is 1. The standard InChI is InChI=1S/C19H21N7O10S3/c1-35-25-9(8-5-38-18(22-8)24-19(34)39-4-7(20)15(29)30)12(27)23-10-13(28)26-11(16(31)32)6(2-36-17(21)33)3-37-14(10)26/h5,7,10,14H,2-4,20H2,1H3,(H2,21,33)(H,23,27)(H,29,30)(H,31,32)(H,22,24,34)/t7-,10+,14-/m0/s1. The minimum atomic E-state index is -1.41. The van der Waals surface area contributed by atoms with E-state index in [4.69, 9.17) is 21.4 Å². The minimum Gasteiger partial charge on any atom is -0.480 e. The lowest BCUT2D eigenvalue weighted by Crippen LogP contribution is -2.71. The largest absolute Gasteiger partial charge is 0.480 e. The molecule has 4 amide bonds. The van der Waals surface area contributed by atoms with Gasteiger partial charge in [-0.25, -0.2) is 14.6 Å². The number of rotatable bonds is 11. The highest BCUT2D eigenvalue weighted by molar-refractivity contribution is 8.13. The van der Waals surface area contributed by atoms with Crippen molar-refractivity contribution in [3.05, 3.63) is 22.3 Å². The second-order valence-electron chi connectivity index (χ2n) is 7.55. The number of aromatic nitrogens is 1. The minimum absolute atomic E-state index is 0.00109. The van der Waals surface area contributed by atoms with Crippen molar-refractivity contribution < 1.29 is 48.6 Å². The number of carbonyl (C=O) groups is 6. The van der Waals surface area contributed by atoms with Crippen LogP contribution in [0.4, 0.5) is 14.7 Å². The van der Waals surface area contributed by atoms with Crippen molar-refractivity contribution in [2.45, 2.75) is 17.5 Å². The van der Waals surface area contributed by atoms with Gasteiger partial charge in [0.05, 0.1) is 0 Å². The Morgan fingerprint density at radius 2 is 2.05 bits per heavy atom. The first-order valence-electron chi connectivity index (χ1n) is 10.6. The molecule has 0 saturated carbocycles. The average Bonchev–Trinajstić information content (AvgIpc) is 3.34. The third-order valence-corrected chi connectivity index (χ3v) is 7.98. The number of nitrogens with two attached hydrogens (primary N) is 2. The molecule has 2 aliphatic heterocycles. The zero-order valence-electron chi connectivity index (χ0n) is 19.8. The highest BCUT2D eigenvalue weighted by Gasteiger charge is 2.54. The van der Waals surface area contributed by atoms with Gasteiger partial charge in [0.15, 0.2) is 10.8 Å². The Kier molecular flexibility index (Phi) is 9.72. The Balaban J connectivity index is 1.67. The Hall–Kier alpha value is -3.88. The van der Waals surface area contributed by atoms with Gasteiger partial charge in [-0.2, -0.15) is 0 Å². The van der Waals surface area contributed by atoms with E-state index in [1.165, 1.54) is 12.5 Å². The lowest BCUT2D eigenvalue weighted by molar-refractivity contribution is -0.150. The number of thiazole rings is 1. The molecule has 39 heavy (non-hydrogen) atoms. The van der Waals surface area contributed by atoms with Crippen LogP contribution in [0.3, 0.4) is 0 Å². The second kappa shape index (κ2) is 12.8. The molecule has 210 valence electrons. The third kappa shape index (κ3) is 6.96. The van der Waals surface area contributed by atoms with E-state index in [1.807, 2.05) is 0 Å². The van der Waals surface area contributed by atoms with Gasteiger partial charge in [-0.1, -0.05) is 16.9 Å². The molecule has 3 rings (SSSR count). The molecular formula is C19H21N7O10S3. The smallest absolute Gasteiger partial charge is 0.404 e. The molecule has 1 saturated heterocycles. The van der Waals surface area contributed by atoms with Crippen LogP contribution in [-0.2, 0) is 28.8 Å². The Bertz CT molecular complexity index is 1270. The number of carboxylic acids is 2. The van der Waals surface area contributed by atoms with E-state index in [-0.39, 0.29) is 39.3 Å². The summed E-state index contributed by atoms with van der Waals surface area (Å²) < 4.78 is 4.67. The van der Waals surface area contributed by atoms with Crippen LogP contribution in [0, 0.1) is 0 Å². The summed E-state index contributed by atoms with van der Waals surface area (Å²) in [5, 5.41) is 27.0. The van der Waals surface area contributed by atoms with Crippen LogP contribution in [0.15, 0.2) is 21.8 Å². The maximum Gasteiger partial charge on any atom is 0.404 e. The quantitative estimate of drug-likeness (QED) is 0.101. The maximum atomic E-state index is 13.0. The average molecular weight is 604 g/mol. The topological polar surface area (TPSA) is 266 Å². The number of thioether (sulfide) groups is 2. The number of β-lactam (4-membered cyclic amide) rings is 1. The number of amides is 4. The van der Waals surface area contributed by atoms with Gasteiger partial charge in [-0.15, -0.1) is 23.1 Å². The van der Waals surface area contributed by atoms with Crippen molar-refractivity contribution in [2.75, 3.05) is 30.5 Å². The van der Waals surface area contributed by atoms with Gasteiger partial charge in [-0.3, -0.25) is 29.4 Å². The number of ether oxygens (including phenoxy) is 1. The molecule has 0 bridgehead atoms. The van der Waals surface area contributed by atoms with E-state index in [0.29, 0.717) is 11.8 Å². The summed E-state index contributed by atoms with van der Waals surface area (Å²) in [6.07, 6.45) is -1.10. The molecule has 8 N–H and O–H groups in total. The van der Waals surface area contributed by atoms with Crippen molar-refractivity contribution in [1.29, 1.82) is 0 Å². The Morgan fingerprint density at radius 3 is 2.67 bits per heavy atom.